The van der Waals surface area contributed by atoms with Gasteiger partial charge in [0.1, 0.15) is 11.5 Å². The first-order valence-corrected chi connectivity index (χ1v) is 12.1. The zero-order valence-electron chi connectivity index (χ0n) is 18.6. The van der Waals surface area contributed by atoms with Crippen molar-refractivity contribution < 1.29 is 14.0 Å². The van der Waals surface area contributed by atoms with Crippen LogP contribution in [-0.2, 0) is 16.1 Å². The standard InChI is InChI=1S/C25H35N3O3/c1-17-6-7-18(31-17)16-27-24(30)22-20-9-8-19(25(20)10-11-25)21(22)23(29)26-12-2-3-13-28-14-4-5-15-28/h6-9,19-22H,2-5,10-16H2,1H3,(H,26,29)(H,27,30)/t19-,20-,21-,22-/m1/s1. The number of aryl methyl sites for hydroxylation is 1. The summed E-state index contributed by atoms with van der Waals surface area (Å²) >= 11 is 0. The third-order valence-electron chi connectivity index (χ3n) is 8.08. The Morgan fingerprint density at radius 3 is 2.32 bits per heavy atom. The molecule has 2 saturated carbocycles. The second kappa shape index (κ2) is 8.45. The van der Waals surface area contributed by atoms with Gasteiger partial charge in [0.25, 0.3) is 0 Å². The monoisotopic (exact) mass is 425 g/mol. The summed E-state index contributed by atoms with van der Waals surface area (Å²) in [6.07, 6.45) is 11.4. The number of carbonyl (C=O) groups excluding carboxylic acids is 2. The lowest BCUT2D eigenvalue weighted by Crippen LogP contribution is -2.44. The van der Waals surface area contributed by atoms with Crippen LogP contribution in [0.2, 0.25) is 0 Å². The van der Waals surface area contributed by atoms with Gasteiger partial charge in [-0.1, -0.05) is 12.2 Å². The zero-order chi connectivity index (χ0) is 21.4. The van der Waals surface area contributed by atoms with E-state index in [4.69, 9.17) is 4.42 Å². The molecular formula is C25H35N3O3. The van der Waals surface area contributed by atoms with Crippen LogP contribution < -0.4 is 10.6 Å². The molecule has 0 unspecified atom stereocenters. The number of unbranched alkanes of at least 4 members (excludes halogenated alkanes) is 1. The van der Waals surface area contributed by atoms with Crippen LogP contribution in [-0.4, -0.2) is 42.9 Å². The molecule has 0 aromatic carbocycles. The van der Waals surface area contributed by atoms with Crippen LogP contribution in [0.1, 0.15) is 50.0 Å². The predicted octanol–water partition coefficient (Wildman–Crippen LogP) is 3.02. The van der Waals surface area contributed by atoms with Gasteiger partial charge in [-0.2, -0.15) is 0 Å². The van der Waals surface area contributed by atoms with E-state index in [2.05, 4.69) is 27.7 Å². The van der Waals surface area contributed by atoms with E-state index < -0.39 is 0 Å². The van der Waals surface area contributed by atoms with Gasteiger partial charge in [-0.15, -0.1) is 0 Å². The minimum atomic E-state index is -0.266. The van der Waals surface area contributed by atoms with Crippen molar-refractivity contribution in [1.82, 2.24) is 15.5 Å². The van der Waals surface area contributed by atoms with Gasteiger partial charge >= 0.3 is 0 Å². The van der Waals surface area contributed by atoms with Crippen molar-refractivity contribution in [2.45, 2.75) is 52.0 Å². The van der Waals surface area contributed by atoms with Crippen LogP contribution in [0.4, 0.5) is 0 Å². The lowest BCUT2D eigenvalue weighted by Gasteiger charge is -2.26. The fourth-order valence-electron chi connectivity index (χ4n) is 6.38. The van der Waals surface area contributed by atoms with Gasteiger partial charge in [0.2, 0.25) is 11.8 Å². The lowest BCUT2D eigenvalue weighted by molar-refractivity contribution is -0.135. The molecule has 4 atom stereocenters. The first-order valence-electron chi connectivity index (χ1n) is 12.1. The second-order valence-corrected chi connectivity index (χ2v) is 10.00. The van der Waals surface area contributed by atoms with Crippen LogP contribution >= 0.6 is 0 Å². The molecule has 2 amide bonds. The third-order valence-corrected chi connectivity index (χ3v) is 8.08. The van der Waals surface area contributed by atoms with E-state index in [0.717, 1.165) is 43.7 Å². The molecule has 0 radical (unpaired) electrons. The molecule has 5 rings (SSSR count). The largest absolute Gasteiger partial charge is 0.465 e. The predicted molar refractivity (Wildman–Crippen MR) is 118 cm³/mol. The highest BCUT2D eigenvalue weighted by Crippen LogP contribution is 2.72. The molecule has 6 nitrogen and oxygen atoms in total. The molecule has 1 aliphatic heterocycles. The van der Waals surface area contributed by atoms with E-state index in [1.165, 1.54) is 25.9 Å². The summed E-state index contributed by atoms with van der Waals surface area (Å²) in [6, 6.07) is 3.80. The van der Waals surface area contributed by atoms with Gasteiger partial charge in [0, 0.05) is 6.54 Å². The Morgan fingerprint density at radius 2 is 1.71 bits per heavy atom. The summed E-state index contributed by atoms with van der Waals surface area (Å²) in [4.78, 5) is 28.9. The molecule has 3 fully saturated rings. The smallest absolute Gasteiger partial charge is 0.224 e. The zero-order valence-corrected chi connectivity index (χ0v) is 18.6. The summed E-state index contributed by atoms with van der Waals surface area (Å²) in [7, 11) is 0. The van der Waals surface area contributed by atoms with Crippen molar-refractivity contribution in [3.63, 3.8) is 0 Å². The molecule has 1 aromatic heterocycles. The maximum absolute atomic E-state index is 13.2. The van der Waals surface area contributed by atoms with E-state index in [1.54, 1.807) is 0 Å². The number of allylic oxidation sites excluding steroid dienone is 2. The molecule has 1 saturated heterocycles. The van der Waals surface area contributed by atoms with E-state index in [9.17, 15) is 9.59 Å². The summed E-state index contributed by atoms with van der Waals surface area (Å²) in [5, 5.41) is 6.22. The molecule has 6 heteroatoms. The SMILES string of the molecule is Cc1ccc(CNC(=O)[C@H]2[C@H](C(=O)NCCCCN3CCCC3)[C@H]3C=C[C@H]2C32CC2)o1. The summed E-state index contributed by atoms with van der Waals surface area (Å²) in [5.41, 5.74) is 0.168. The second-order valence-electron chi connectivity index (χ2n) is 10.00. The van der Waals surface area contributed by atoms with Crippen LogP contribution in [0.5, 0.6) is 0 Å². The van der Waals surface area contributed by atoms with Crippen molar-refractivity contribution in [3.8, 4) is 0 Å². The Hall–Kier alpha value is -2.08. The average molecular weight is 426 g/mol. The summed E-state index contributed by atoms with van der Waals surface area (Å²) < 4.78 is 5.59. The van der Waals surface area contributed by atoms with E-state index in [1.807, 2.05) is 19.1 Å². The number of likely N-dealkylation sites (tertiary alicyclic amines) is 1. The Bertz CT molecular complexity index is 850. The number of rotatable bonds is 9. The van der Waals surface area contributed by atoms with Crippen molar-refractivity contribution in [3.05, 3.63) is 35.8 Å². The fraction of sp³-hybridized carbons (Fsp3) is 0.680. The van der Waals surface area contributed by atoms with Crippen molar-refractivity contribution >= 4 is 11.8 Å². The van der Waals surface area contributed by atoms with Crippen LogP contribution in [0.25, 0.3) is 0 Å². The Labute approximate surface area is 184 Å². The van der Waals surface area contributed by atoms with Crippen LogP contribution in [0, 0.1) is 36.0 Å². The van der Waals surface area contributed by atoms with E-state index in [0.29, 0.717) is 13.1 Å². The van der Waals surface area contributed by atoms with Gasteiger partial charge in [-0.3, -0.25) is 9.59 Å². The van der Waals surface area contributed by atoms with Crippen LogP contribution in [0.15, 0.2) is 28.7 Å². The minimum Gasteiger partial charge on any atom is -0.465 e. The van der Waals surface area contributed by atoms with E-state index >= 15 is 0 Å². The van der Waals surface area contributed by atoms with Gasteiger partial charge < -0.3 is 20.0 Å². The number of furan rings is 1. The maximum Gasteiger partial charge on any atom is 0.224 e. The summed E-state index contributed by atoms with van der Waals surface area (Å²) in [6.45, 7) is 6.56. The lowest BCUT2D eigenvalue weighted by atomic mass is 9.81. The highest BCUT2D eigenvalue weighted by molar-refractivity contribution is 5.90. The Kier molecular flexibility index (Phi) is 5.67. The van der Waals surface area contributed by atoms with Gasteiger partial charge in [0.15, 0.2) is 0 Å². The summed E-state index contributed by atoms with van der Waals surface area (Å²) in [5.74, 6) is 1.55. The van der Waals surface area contributed by atoms with Crippen molar-refractivity contribution in [1.29, 1.82) is 0 Å². The average Bonchev–Trinajstić information content (AvgIpc) is 3.06. The highest BCUT2D eigenvalue weighted by Gasteiger charge is 2.69. The first kappa shape index (κ1) is 20.8. The Morgan fingerprint density at radius 1 is 1.03 bits per heavy atom. The molecule has 1 aromatic rings. The number of hydrogen-bond acceptors (Lipinski definition) is 4. The highest BCUT2D eigenvalue weighted by atomic mass is 16.3. The number of nitrogens with zero attached hydrogens (tertiary/aromatic N) is 1. The molecule has 2 heterocycles. The first-order chi connectivity index (χ1) is 15.1. The molecule has 31 heavy (non-hydrogen) atoms. The minimum absolute atomic E-state index is 0.00800. The van der Waals surface area contributed by atoms with Gasteiger partial charge in [-0.05, 0) is 94.5 Å². The molecule has 4 aliphatic rings. The van der Waals surface area contributed by atoms with Crippen molar-refractivity contribution in [2.24, 2.45) is 29.1 Å². The molecule has 2 N–H and O–H groups in total. The molecule has 1 spiro atoms. The number of nitrogens with one attached hydrogen (secondary N) is 2. The quantitative estimate of drug-likeness (QED) is 0.471. The molecular weight excluding hydrogens is 390 g/mol. The topological polar surface area (TPSA) is 74.6 Å². The molecule has 168 valence electrons. The van der Waals surface area contributed by atoms with Gasteiger partial charge in [0.05, 0.1) is 18.4 Å². The van der Waals surface area contributed by atoms with Crippen LogP contribution in [0.3, 0.4) is 0 Å². The molecule has 3 aliphatic carbocycles. The van der Waals surface area contributed by atoms with E-state index in [-0.39, 0.29) is 40.9 Å². The number of hydrogen-bond donors (Lipinski definition) is 2. The fourth-order valence-corrected chi connectivity index (χ4v) is 6.38. The van der Waals surface area contributed by atoms with Crippen molar-refractivity contribution in [2.75, 3.05) is 26.2 Å². The third kappa shape index (κ3) is 3.95. The Balaban J connectivity index is 1.17. The number of amides is 2. The number of carbonyl (C=O) groups is 2. The maximum atomic E-state index is 13.2. The normalized spacial score (nSPS) is 30.2. The molecule has 2 bridgehead atoms. The van der Waals surface area contributed by atoms with Gasteiger partial charge in [-0.25, -0.2) is 0 Å².